The van der Waals surface area contributed by atoms with Crippen molar-refractivity contribution in [2.45, 2.75) is 19.8 Å². The SMILES string of the molecule is CC(C)c1nc(N)nc(-c2ccncn2)n1. The summed E-state index contributed by atoms with van der Waals surface area (Å²) in [6.45, 7) is 4.00. The van der Waals surface area contributed by atoms with E-state index in [0.717, 1.165) is 0 Å². The molecule has 0 saturated heterocycles. The molecule has 0 aliphatic heterocycles. The summed E-state index contributed by atoms with van der Waals surface area (Å²) in [6, 6.07) is 1.74. The highest BCUT2D eigenvalue weighted by Crippen LogP contribution is 2.15. The molecule has 0 aromatic carbocycles. The van der Waals surface area contributed by atoms with E-state index in [1.165, 1.54) is 6.33 Å². The summed E-state index contributed by atoms with van der Waals surface area (Å²) in [5.41, 5.74) is 6.27. The number of anilines is 1. The molecule has 2 aromatic rings. The lowest BCUT2D eigenvalue weighted by atomic mass is 10.2. The summed E-state index contributed by atoms with van der Waals surface area (Å²) in [5.74, 6) is 1.57. The molecule has 0 atom stereocenters. The number of nitrogens with zero attached hydrogens (tertiary/aromatic N) is 5. The van der Waals surface area contributed by atoms with Gasteiger partial charge in [0, 0.05) is 12.1 Å². The molecular weight excluding hydrogens is 204 g/mol. The van der Waals surface area contributed by atoms with E-state index in [2.05, 4.69) is 24.9 Å². The second-order valence-electron chi connectivity index (χ2n) is 3.62. The molecule has 0 fully saturated rings. The van der Waals surface area contributed by atoms with Crippen LogP contribution in [0.1, 0.15) is 25.6 Å². The van der Waals surface area contributed by atoms with Gasteiger partial charge >= 0.3 is 0 Å². The van der Waals surface area contributed by atoms with Crippen molar-refractivity contribution < 1.29 is 0 Å². The average Bonchev–Trinajstić information content (AvgIpc) is 2.29. The van der Waals surface area contributed by atoms with Crippen molar-refractivity contribution in [2.24, 2.45) is 0 Å². The van der Waals surface area contributed by atoms with Gasteiger partial charge in [-0.25, -0.2) is 15.0 Å². The van der Waals surface area contributed by atoms with Crippen LogP contribution >= 0.6 is 0 Å². The molecule has 0 aliphatic carbocycles. The van der Waals surface area contributed by atoms with Crippen molar-refractivity contribution in [3.05, 3.63) is 24.4 Å². The number of rotatable bonds is 2. The molecule has 2 aromatic heterocycles. The van der Waals surface area contributed by atoms with E-state index in [0.29, 0.717) is 17.3 Å². The van der Waals surface area contributed by atoms with Gasteiger partial charge in [0.2, 0.25) is 5.95 Å². The fourth-order valence-corrected chi connectivity index (χ4v) is 1.21. The van der Waals surface area contributed by atoms with E-state index >= 15 is 0 Å². The fraction of sp³-hybridized carbons (Fsp3) is 0.300. The van der Waals surface area contributed by atoms with Crippen molar-refractivity contribution >= 4 is 5.95 Å². The minimum absolute atomic E-state index is 0.200. The number of aromatic nitrogens is 5. The van der Waals surface area contributed by atoms with Gasteiger partial charge in [0.15, 0.2) is 5.82 Å². The van der Waals surface area contributed by atoms with Crippen LogP contribution in [0.4, 0.5) is 5.95 Å². The second-order valence-corrected chi connectivity index (χ2v) is 3.62. The molecule has 16 heavy (non-hydrogen) atoms. The van der Waals surface area contributed by atoms with Crippen LogP contribution in [-0.2, 0) is 0 Å². The van der Waals surface area contributed by atoms with E-state index in [-0.39, 0.29) is 11.9 Å². The Balaban J connectivity index is 2.50. The lowest BCUT2D eigenvalue weighted by Crippen LogP contribution is -2.06. The molecule has 2 heterocycles. The topological polar surface area (TPSA) is 90.5 Å². The van der Waals surface area contributed by atoms with Gasteiger partial charge in [0.05, 0.1) is 0 Å². The number of nitrogens with two attached hydrogens (primary N) is 1. The Hall–Kier alpha value is -2.11. The van der Waals surface area contributed by atoms with E-state index in [1.54, 1.807) is 12.3 Å². The van der Waals surface area contributed by atoms with Gasteiger partial charge < -0.3 is 5.73 Å². The summed E-state index contributed by atoms with van der Waals surface area (Å²) in [6.07, 6.45) is 3.09. The molecule has 82 valence electrons. The molecule has 0 amide bonds. The van der Waals surface area contributed by atoms with E-state index in [4.69, 9.17) is 5.73 Å². The fourth-order valence-electron chi connectivity index (χ4n) is 1.21. The van der Waals surface area contributed by atoms with E-state index < -0.39 is 0 Å². The molecule has 0 aliphatic rings. The smallest absolute Gasteiger partial charge is 0.223 e. The minimum Gasteiger partial charge on any atom is -0.368 e. The first-order valence-corrected chi connectivity index (χ1v) is 4.94. The van der Waals surface area contributed by atoms with Crippen molar-refractivity contribution in [1.29, 1.82) is 0 Å². The molecule has 6 heteroatoms. The molecule has 0 radical (unpaired) electrons. The third-order valence-electron chi connectivity index (χ3n) is 2.00. The van der Waals surface area contributed by atoms with Gasteiger partial charge in [0.25, 0.3) is 0 Å². The van der Waals surface area contributed by atoms with Crippen LogP contribution in [-0.4, -0.2) is 24.9 Å². The Labute approximate surface area is 93.0 Å². The summed E-state index contributed by atoms with van der Waals surface area (Å²) in [7, 11) is 0. The van der Waals surface area contributed by atoms with Crippen LogP contribution in [0, 0.1) is 0 Å². The molecule has 0 unspecified atom stereocenters. The number of hydrogen-bond donors (Lipinski definition) is 1. The molecule has 2 N–H and O–H groups in total. The van der Waals surface area contributed by atoms with Gasteiger partial charge in [-0.15, -0.1) is 0 Å². The summed E-state index contributed by atoms with van der Waals surface area (Å²) in [5, 5.41) is 0. The Morgan fingerprint density at radius 2 is 2.00 bits per heavy atom. The molecule has 2 rings (SSSR count). The minimum atomic E-state index is 0.200. The van der Waals surface area contributed by atoms with Gasteiger partial charge in [-0.1, -0.05) is 13.8 Å². The molecule has 0 bridgehead atoms. The first kappa shape index (κ1) is 10.4. The lowest BCUT2D eigenvalue weighted by Gasteiger charge is -2.06. The first-order chi connectivity index (χ1) is 7.66. The highest BCUT2D eigenvalue weighted by molar-refractivity contribution is 5.49. The lowest BCUT2D eigenvalue weighted by molar-refractivity contribution is 0.766. The van der Waals surface area contributed by atoms with E-state index in [9.17, 15) is 0 Å². The molecule has 6 nitrogen and oxygen atoms in total. The monoisotopic (exact) mass is 216 g/mol. The average molecular weight is 216 g/mol. The Kier molecular flexibility index (Phi) is 2.72. The normalized spacial score (nSPS) is 10.7. The van der Waals surface area contributed by atoms with Crippen LogP contribution in [0.2, 0.25) is 0 Å². The Morgan fingerprint density at radius 1 is 1.19 bits per heavy atom. The zero-order valence-electron chi connectivity index (χ0n) is 9.12. The van der Waals surface area contributed by atoms with Gasteiger partial charge in [0.1, 0.15) is 17.8 Å². The second kappa shape index (κ2) is 4.18. The third kappa shape index (κ3) is 2.10. The van der Waals surface area contributed by atoms with Crippen molar-refractivity contribution in [3.8, 4) is 11.5 Å². The maximum Gasteiger partial charge on any atom is 0.223 e. The van der Waals surface area contributed by atoms with Crippen molar-refractivity contribution in [3.63, 3.8) is 0 Å². The molecule has 0 spiro atoms. The number of nitrogen functional groups attached to an aromatic ring is 1. The van der Waals surface area contributed by atoms with Crippen LogP contribution in [0.15, 0.2) is 18.6 Å². The quantitative estimate of drug-likeness (QED) is 0.806. The van der Waals surface area contributed by atoms with Crippen LogP contribution in [0.5, 0.6) is 0 Å². The van der Waals surface area contributed by atoms with Gasteiger partial charge in [-0.2, -0.15) is 9.97 Å². The highest BCUT2D eigenvalue weighted by Gasteiger charge is 2.09. The predicted octanol–water partition coefficient (Wildman–Crippen LogP) is 1.03. The maximum absolute atomic E-state index is 5.63. The Morgan fingerprint density at radius 3 is 2.62 bits per heavy atom. The zero-order valence-corrected chi connectivity index (χ0v) is 9.12. The van der Waals surface area contributed by atoms with Crippen molar-refractivity contribution in [2.75, 3.05) is 5.73 Å². The predicted molar refractivity (Wildman–Crippen MR) is 59.4 cm³/mol. The molecular formula is C10H12N6. The van der Waals surface area contributed by atoms with Gasteiger partial charge in [-0.3, -0.25) is 0 Å². The van der Waals surface area contributed by atoms with E-state index in [1.807, 2.05) is 13.8 Å². The summed E-state index contributed by atoms with van der Waals surface area (Å²) in [4.78, 5) is 20.3. The summed E-state index contributed by atoms with van der Waals surface area (Å²) < 4.78 is 0. The zero-order chi connectivity index (χ0) is 11.5. The van der Waals surface area contributed by atoms with Crippen LogP contribution in [0.25, 0.3) is 11.5 Å². The largest absolute Gasteiger partial charge is 0.368 e. The van der Waals surface area contributed by atoms with Crippen LogP contribution < -0.4 is 5.73 Å². The summed E-state index contributed by atoms with van der Waals surface area (Å²) >= 11 is 0. The first-order valence-electron chi connectivity index (χ1n) is 4.94. The maximum atomic E-state index is 5.63. The third-order valence-corrected chi connectivity index (χ3v) is 2.00. The standard InChI is InChI=1S/C10H12N6/c1-6(2)8-14-9(16-10(11)15-8)7-3-4-12-5-13-7/h3-6H,1-2H3,(H2,11,14,15,16). The Bertz CT molecular complexity index is 482. The van der Waals surface area contributed by atoms with Crippen molar-refractivity contribution in [1.82, 2.24) is 24.9 Å². The van der Waals surface area contributed by atoms with Gasteiger partial charge in [-0.05, 0) is 6.07 Å². The molecule has 0 saturated carbocycles. The number of hydrogen-bond acceptors (Lipinski definition) is 6. The highest BCUT2D eigenvalue weighted by atomic mass is 15.1. The van der Waals surface area contributed by atoms with Crippen LogP contribution in [0.3, 0.4) is 0 Å².